The second-order valence-corrected chi connectivity index (χ2v) is 10.2. The number of unbranched alkanes of at least 4 members (excludes halogenated alkanes) is 1. The number of carbonyl (C=O) groups is 3. The molecule has 0 unspecified atom stereocenters. The van der Waals surface area contributed by atoms with Crippen LogP contribution in [0.3, 0.4) is 0 Å². The van der Waals surface area contributed by atoms with E-state index in [1.807, 2.05) is 6.92 Å². The Balaban J connectivity index is 1.84. The van der Waals surface area contributed by atoms with Crippen molar-refractivity contribution in [3.63, 3.8) is 0 Å². The van der Waals surface area contributed by atoms with Gasteiger partial charge in [0.15, 0.2) is 11.4 Å². The van der Waals surface area contributed by atoms with Crippen molar-refractivity contribution in [2.75, 3.05) is 20.6 Å². The van der Waals surface area contributed by atoms with Gasteiger partial charge in [-0.25, -0.2) is 4.39 Å². The molecule has 1 amide bonds. The quantitative estimate of drug-likeness (QED) is 0.229. The number of phenols is 1. The highest BCUT2D eigenvalue weighted by atomic mass is 19.1. The van der Waals surface area contributed by atoms with Gasteiger partial charge >= 0.3 is 0 Å². The van der Waals surface area contributed by atoms with E-state index in [0.717, 1.165) is 18.9 Å². The number of aliphatic hydroxyl groups excluding tert-OH is 2. The number of benzene rings is 1. The predicted octanol–water partition coefficient (Wildman–Crippen LogP) is 1.15. The Bertz CT molecular complexity index is 1260. The zero-order valence-electron chi connectivity index (χ0n) is 21.0. The fourth-order valence-corrected chi connectivity index (χ4v) is 6.01. The number of allylic oxidation sites excluding steroid dienone is 1. The van der Waals surface area contributed by atoms with E-state index in [1.54, 1.807) is 14.1 Å². The summed E-state index contributed by atoms with van der Waals surface area (Å²) in [5, 5.41) is 47.3. The number of aliphatic hydroxyl groups is 3. The molecule has 3 aliphatic rings. The van der Waals surface area contributed by atoms with Gasteiger partial charge in [0, 0.05) is 29.2 Å². The van der Waals surface area contributed by atoms with Crippen LogP contribution >= 0.6 is 0 Å². The third kappa shape index (κ3) is 3.92. The second kappa shape index (κ2) is 9.55. The van der Waals surface area contributed by atoms with Crippen LogP contribution in [0.15, 0.2) is 28.7 Å². The molecule has 0 aliphatic heterocycles. The Morgan fingerprint density at radius 2 is 1.95 bits per heavy atom. The van der Waals surface area contributed by atoms with Crippen molar-refractivity contribution in [1.82, 2.24) is 10.2 Å². The third-order valence-electron chi connectivity index (χ3n) is 7.75. The fourth-order valence-electron chi connectivity index (χ4n) is 6.01. The van der Waals surface area contributed by atoms with Gasteiger partial charge in [0.25, 0.3) is 5.91 Å². The van der Waals surface area contributed by atoms with Crippen molar-refractivity contribution < 1.29 is 39.2 Å². The lowest BCUT2D eigenvalue weighted by Crippen LogP contribution is -2.63. The highest BCUT2D eigenvalue weighted by Gasteiger charge is 2.63. The summed E-state index contributed by atoms with van der Waals surface area (Å²) in [6, 6.07) is 0.0565. The number of Topliss-reactive ketones (excluding diaryl/α,β-unsaturated/α-hetero) is 2. The number of carbonyl (C=O) groups excluding carboxylic acids is 3. The number of primary amides is 1. The summed E-state index contributed by atoms with van der Waals surface area (Å²) in [6.45, 7) is 2.82. The van der Waals surface area contributed by atoms with Crippen LogP contribution in [-0.2, 0) is 22.6 Å². The molecular formula is C26H32FN3O7. The van der Waals surface area contributed by atoms with E-state index >= 15 is 4.39 Å². The Hall–Kier alpha value is -3.28. The molecule has 0 radical (unpaired) electrons. The van der Waals surface area contributed by atoms with Gasteiger partial charge in [-0.15, -0.1) is 0 Å². The predicted molar refractivity (Wildman–Crippen MR) is 130 cm³/mol. The molecule has 0 saturated heterocycles. The minimum atomic E-state index is -2.72. The maximum atomic E-state index is 15.6. The zero-order valence-corrected chi connectivity index (χ0v) is 21.0. The lowest BCUT2D eigenvalue weighted by molar-refractivity contribution is -0.148. The van der Waals surface area contributed by atoms with Crippen LogP contribution in [0, 0.1) is 17.7 Å². The van der Waals surface area contributed by atoms with Crippen LogP contribution in [0.1, 0.15) is 47.7 Å². The summed E-state index contributed by atoms with van der Waals surface area (Å²) in [7, 11) is 3.09. The first-order valence-electron chi connectivity index (χ1n) is 12.3. The van der Waals surface area contributed by atoms with E-state index in [4.69, 9.17) is 5.73 Å². The number of aromatic hydroxyl groups is 1. The Morgan fingerprint density at radius 1 is 1.27 bits per heavy atom. The van der Waals surface area contributed by atoms with Crippen molar-refractivity contribution in [1.29, 1.82) is 0 Å². The van der Waals surface area contributed by atoms with Gasteiger partial charge in [-0.2, -0.15) is 0 Å². The van der Waals surface area contributed by atoms with Crippen LogP contribution < -0.4 is 11.1 Å². The van der Waals surface area contributed by atoms with E-state index in [-0.39, 0.29) is 41.6 Å². The van der Waals surface area contributed by atoms with E-state index < -0.39 is 69.6 Å². The number of hydrogen-bond acceptors (Lipinski definition) is 9. The summed E-state index contributed by atoms with van der Waals surface area (Å²) in [6.07, 6.45) is 1.67. The first kappa shape index (κ1) is 26.8. The molecule has 4 rings (SSSR count). The maximum absolute atomic E-state index is 15.6. The monoisotopic (exact) mass is 517 g/mol. The molecule has 10 nitrogen and oxygen atoms in total. The number of nitrogens with zero attached hydrogens (tertiary/aromatic N) is 1. The lowest BCUT2D eigenvalue weighted by atomic mass is 9.58. The molecule has 7 N–H and O–H groups in total. The van der Waals surface area contributed by atoms with Crippen molar-refractivity contribution >= 4 is 17.5 Å². The number of likely N-dealkylation sites (N-methyl/N-ethyl adjacent to an activating group) is 1. The Kier molecular flexibility index (Phi) is 6.91. The van der Waals surface area contributed by atoms with E-state index in [9.17, 15) is 34.8 Å². The van der Waals surface area contributed by atoms with Crippen molar-refractivity contribution in [3.05, 3.63) is 51.2 Å². The summed E-state index contributed by atoms with van der Waals surface area (Å²) in [5.74, 6) is -8.24. The van der Waals surface area contributed by atoms with Gasteiger partial charge < -0.3 is 31.5 Å². The number of ketones is 2. The van der Waals surface area contributed by atoms with Crippen LogP contribution in [0.2, 0.25) is 0 Å². The minimum Gasteiger partial charge on any atom is -0.510 e. The number of nitrogens with one attached hydrogen (secondary N) is 1. The molecule has 11 heteroatoms. The smallest absolute Gasteiger partial charge is 0.255 e. The number of fused-ring (bicyclic) bond motifs is 3. The molecule has 0 fully saturated rings. The third-order valence-corrected chi connectivity index (χ3v) is 7.75. The number of hydrogen-bond donors (Lipinski definition) is 6. The molecule has 0 spiro atoms. The number of nitrogens with two attached hydrogens (primary N) is 1. The highest BCUT2D eigenvalue weighted by Crippen LogP contribution is 2.52. The summed E-state index contributed by atoms with van der Waals surface area (Å²) >= 11 is 0. The molecule has 0 saturated carbocycles. The molecule has 0 heterocycles. The Labute approximate surface area is 213 Å². The summed E-state index contributed by atoms with van der Waals surface area (Å²) in [4.78, 5) is 40.2. The van der Waals surface area contributed by atoms with Crippen molar-refractivity contribution in [3.8, 4) is 5.75 Å². The van der Waals surface area contributed by atoms with Gasteiger partial charge in [-0.05, 0) is 51.9 Å². The number of phenolic OH excluding ortho intramolecular Hbond substituents is 1. The maximum Gasteiger partial charge on any atom is 0.255 e. The Morgan fingerprint density at radius 3 is 2.54 bits per heavy atom. The van der Waals surface area contributed by atoms with E-state index in [2.05, 4.69) is 5.32 Å². The first-order chi connectivity index (χ1) is 17.4. The molecule has 0 aromatic heterocycles. The van der Waals surface area contributed by atoms with Crippen LogP contribution in [-0.4, -0.2) is 75.1 Å². The van der Waals surface area contributed by atoms with Gasteiger partial charge in [-0.3, -0.25) is 19.3 Å². The molecule has 1 aromatic rings. The average molecular weight is 518 g/mol. The number of amides is 1. The van der Waals surface area contributed by atoms with Gasteiger partial charge in [0.2, 0.25) is 5.78 Å². The molecule has 200 valence electrons. The second-order valence-electron chi connectivity index (χ2n) is 10.2. The minimum absolute atomic E-state index is 0.00888. The standard InChI is InChI=1S/C26H32FN3O7/c1-4-5-6-29-10-12-9-15(31)17-13(19(12)27)7-11-8-14-20(30(2)3)22(33)18(25(28)36)24(35)26(14,37)23(34)16(11)21(17)32/h9,11,14,20,29,31,33-34,37H,4-8,10H2,1-3H3,(H2,28,36)/t11-,14-,20-,26-/m0/s1. The fraction of sp³-hybridized carbons (Fsp3) is 0.500. The SMILES string of the molecule is CCCCNCc1cc(O)c2c(c1F)C[C@H]1C[C@H]3[C@H](N(C)C)C(O)=C(C(N)=O)C(=O)[C@@]3(O)C(O)=C1C2=O. The molecule has 0 bridgehead atoms. The van der Waals surface area contributed by atoms with Crippen molar-refractivity contribution in [2.45, 2.75) is 50.8 Å². The largest absolute Gasteiger partial charge is 0.510 e. The van der Waals surface area contributed by atoms with E-state index in [0.29, 0.717) is 6.54 Å². The zero-order chi connectivity index (χ0) is 27.4. The van der Waals surface area contributed by atoms with Crippen LogP contribution in [0.5, 0.6) is 5.75 Å². The molecule has 37 heavy (non-hydrogen) atoms. The molecule has 3 aliphatic carbocycles. The highest BCUT2D eigenvalue weighted by molar-refractivity contribution is 6.24. The topological polar surface area (TPSA) is 173 Å². The number of halogens is 1. The summed E-state index contributed by atoms with van der Waals surface area (Å²) in [5.41, 5.74) is 1.24. The normalized spacial score (nSPS) is 27.4. The molecular weight excluding hydrogens is 485 g/mol. The summed E-state index contributed by atoms with van der Waals surface area (Å²) < 4.78 is 15.6. The number of rotatable bonds is 7. The van der Waals surface area contributed by atoms with Gasteiger partial charge in [-0.1, -0.05) is 13.3 Å². The van der Waals surface area contributed by atoms with Crippen molar-refractivity contribution in [2.24, 2.45) is 17.6 Å². The average Bonchev–Trinajstić information content (AvgIpc) is 2.81. The van der Waals surface area contributed by atoms with Gasteiger partial charge in [0.1, 0.15) is 28.7 Å². The first-order valence-corrected chi connectivity index (χ1v) is 12.3. The van der Waals surface area contributed by atoms with Crippen LogP contribution in [0.25, 0.3) is 0 Å². The lowest BCUT2D eigenvalue weighted by Gasteiger charge is -2.50. The van der Waals surface area contributed by atoms with Gasteiger partial charge in [0.05, 0.1) is 11.6 Å². The molecule has 4 atom stereocenters. The van der Waals surface area contributed by atoms with Crippen LogP contribution in [0.4, 0.5) is 4.39 Å². The molecule has 1 aromatic carbocycles. The van der Waals surface area contributed by atoms with E-state index in [1.165, 1.54) is 4.90 Å².